The average Bonchev–Trinajstić information content (AvgIpc) is 3.30. The molecule has 0 bridgehead atoms. The lowest BCUT2D eigenvalue weighted by atomic mass is 9.72. The number of fused-ring (bicyclic) bond motifs is 1. The van der Waals surface area contributed by atoms with Crippen LogP contribution in [0.2, 0.25) is 0 Å². The van der Waals surface area contributed by atoms with Gasteiger partial charge in [-0.25, -0.2) is 0 Å². The molecule has 2 amide bonds. The van der Waals surface area contributed by atoms with Crippen molar-refractivity contribution in [3.63, 3.8) is 0 Å². The summed E-state index contributed by atoms with van der Waals surface area (Å²) in [4.78, 5) is 26.4. The summed E-state index contributed by atoms with van der Waals surface area (Å²) in [5, 5.41) is 2.95. The summed E-state index contributed by atoms with van der Waals surface area (Å²) in [6, 6.07) is 16.4. The quantitative estimate of drug-likeness (QED) is 0.671. The molecule has 1 aliphatic carbocycles. The summed E-state index contributed by atoms with van der Waals surface area (Å²) in [6.07, 6.45) is 4.99. The topological polar surface area (TPSA) is 58.6 Å². The highest BCUT2D eigenvalue weighted by molar-refractivity contribution is 6.27. The van der Waals surface area contributed by atoms with Gasteiger partial charge >= 0.3 is 0 Å². The summed E-state index contributed by atoms with van der Waals surface area (Å²) >= 11 is 5.66. The summed E-state index contributed by atoms with van der Waals surface area (Å²) in [7, 11) is 0. The summed E-state index contributed by atoms with van der Waals surface area (Å²) in [5.41, 5.74) is 3.73. The molecule has 0 aromatic heterocycles. The lowest BCUT2D eigenvalue weighted by Crippen LogP contribution is -2.51. The standard InChI is InChI=1S/C25H29ClN2O3/c26-16-23(29)27-18-25(21-7-2-1-3-8-21)11-13-28(14-12-25)24(30)17-31-22-10-9-19-5-4-6-20(19)15-22/h1-3,7-10,15H,4-6,11-14,16-18H2,(H,27,29). The molecule has 2 aromatic rings. The van der Waals surface area contributed by atoms with Gasteiger partial charge in [0.15, 0.2) is 6.61 Å². The third-order valence-corrected chi connectivity index (χ3v) is 6.88. The molecule has 2 aliphatic rings. The Bertz CT molecular complexity index is 924. The molecule has 2 aromatic carbocycles. The van der Waals surface area contributed by atoms with E-state index in [0.29, 0.717) is 19.6 Å². The number of aryl methyl sites for hydroxylation is 2. The maximum Gasteiger partial charge on any atom is 0.260 e. The number of likely N-dealkylation sites (tertiary alicyclic amines) is 1. The molecular weight excluding hydrogens is 412 g/mol. The number of benzene rings is 2. The van der Waals surface area contributed by atoms with E-state index in [9.17, 15) is 9.59 Å². The minimum atomic E-state index is -0.194. The molecule has 1 saturated heterocycles. The van der Waals surface area contributed by atoms with E-state index in [1.807, 2.05) is 29.2 Å². The molecule has 164 valence electrons. The van der Waals surface area contributed by atoms with E-state index in [4.69, 9.17) is 16.3 Å². The van der Waals surface area contributed by atoms with Crippen LogP contribution in [0.4, 0.5) is 0 Å². The van der Waals surface area contributed by atoms with Crippen molar-refractivity contribution in [2.45, 2.75) is 37.5 Å². The fraction of sp³-hybridized carbons (Fsp3) is 0.440. The predicted octanol–water partition coefficient (Wildman–Crippen LogP) is 3.47. The van der Waals surface area contributed by atoms with Crippen molar-refractivity contribution in [3.8, 4) is 5.75 Å². The lowest BCUT2D eigenvalue weighted by Gasteiger charge is -2.42. The Balaban J connectivity index is 1.36. The van der Waals surface area contributed by atoms with Crippen LogP contribution in [0.15, 0.2) is 48.5 Å². The van der Waals surface area contributed by atoms with Crippen LogP contribution in [0.5, 0.6) is 5.75 Å². The second-order valence-electron chi connectivity index (χ2n) is 8.51. The zero-order valence-electron chi connectivity index (χ0n) is 17.7. The van der Waals surface area contributed by atoms with Gasteiger partial charge in [-0.05, 0) is 60.9 Å². The summed E-state index contributed by atoms with van der Waals surface area (Å²) < 4.78 is 5.81. The van der Waals surface area contributed by atoms with Crippen LogP contribution < -0.4 is 10.1 Å². The van der Waals surface area contributed by atoms with E-state index in [1.54, 1.807) is 0 Å². The van der Waals surface area contributed by atoms with Crippen molar-refractivity contribution in [2.75, 3.05) is 32.1 Å². The fourth-order valence-electron chi connectivity index (χ4n) is 4.73. The second-order valence-corrected chi connectivity index (χ2v) is 8.78. The van der Waals surface area contributed by atoms with Gasteiger partial charge in [0.05, 0.1) is 0 Å². The van der Waals surface area contributed by atoms with Gasteiger partial charge in [0.1, 0.15) is 11.6 Å². The highest BCUT2D eigenvalue weighted by Gasteiger charge is 2.37. The number of nitrogens with one attached hydrogen (secondary N) is 1. The molecule has 1 aliphatic heterocycles. The van der Waals surface area contributed by atoms with Crippen LogP contribution in [0.3, 0.4) is 0 Å². The first-order chi connectivity index (χ1) is 15.1. The van der Waals surface area contributed by atoms with Crippen molar-refractivity contribution in [2.24, 2.45) is 0 Å². The van der Waals surface area contributed by atoms with E-state index in [1.165, 1.54) is 23.1 Å². The Kier molecular flexibility index (Phi) is 6.81. The number of carbonyl (C=O) groups is 2. The maximum atomic E-state index is 12.8. The highest BCUT2D eigenvalue weighted by Crippen LogP contribution is 2.35. The SMILES string of the molecule is O=C(CCl)NCC1(c2ccccc2)CCN(C(=O)COc2ccc3c(c2)CCC3)CC1. The third-order valence-electron chi connectivity index (χ3n) is 6.64. The number of hydrogen-bond donors (Lipinski definition) is 1. The van der Waals surface area contributed by atoms with Crippen molar-refractivity contribution >= 4 is 23.4 Å². The van der Waals surface area contributed by atoms with E-state index in [2.05, 4.69) is 29.6 Å². The van der Waals surface area contributed by atoms with Gasteiger partial charge in [0, 0.05) is 25.0 Å². The molecule has 4 rings (SSSR count). The van der Waals surface area contributed by atoms with Gasteiger partial charge in [-0.1, -0.05) is 36.4 Å². The fourth-order valence-corrected chi connectivity index (χ4v) is 4.83. The number of ether oxygens (including phenoxy) is 1. The number of carbonyl (C=O) groups excluding carboxylic acids is 2. The smallest absolute Gasteiger partial charge is 0.260 e. The van der Waals surface area contributed by atoms with E-state index < -0.39 is 0 Å². The van der Waals surface area contributed by atoms with Gasteiger partial charge in [0.2, 0.25) is 5.91 Å². The Labute approximate surface area is 188 Å². The maximum absolute atomic E-state index is 12.8. The number of amides is 2. The average molecular weight is 441 g/mol. The summed E-state index contributed by atoms with van der Waals surface area (Å²) in [6.45, 7) is 1.85. The Morgan fingerprint density at radius 1 is 1.03 bits per heavy atom. The molecular formula is C25H29ClN2O3. The van der Waals surface area contributed by atoms with Crippen molar-refractivity contribution < 1.29 is 14.3 Å². The first-order valence-electron chi connectivity index (χ1n) is 11.0. The zero-order valence-corrected chi connectivity index (χ0v) is 18.5. The number of halogens is 1. The molecule has 0 radical (unpaired) electrons. The van der Waals surface area contributed by atoms with Crippen LogP contribution in [0.25, 0.3) is 0 Å². The number of piperidine rings is 1. The minimum absolute atomic E-state index is 0.00644. The minimum Gasteiger partial charge on any atom is -0.484 e. The molecule has 1 fully saturated rings. The van der Waals surface area contributed by atoms with Crippen LogP contribution in [0.1, 0.15) is 36.0 Å². The predicted molar refractivity (Wildman–Crippen MR) is 122 cm³/mol. The first-order valence-corrected chi connectivity index (χ1v) is 11.5. The third kappa shape index (κ3) is 5.04. The first kappa shape index (κ1) is 21.7. The van der Waals surface area contributed by atoms with Crippen LogP contribution in [-0.4, -0.2) is 48.8 Å². The molecule has 6 heteroatoms. The monoisotopic (exact) mass is 440 g/mol. The van der Waals surface area contributed by atoms with E-state index >= 15 is 0 Å². The Morgan fingerprint density at radius 2 is 1.77 bits per heavy atom. The lowest BCUT2D eigenvalue weighted by molar-refractivity contribution is -0.135. The molecule has 31 heavy (non-hydrogen) atoms. The molecule has 1 heterocycles. The zero-order chi connectivity index (χ0) is 21.7. The van der Waals surface area contributed by atoms with Crippen LogP contribution >= 0.6 is 11.6 Å². The van der Waals surface area contributed by atoms with Crippen molar-refractivity contribution in [1.29, 1.82) is 0 Å². The number of nitrogens with zero attached hydrogens (tertiary/aromatic N) is 1. The normalized spacial score (nSPS) is 17.1. The van der Waals surface area contributed by atoms with Crippen LogP contribution in [0, 0.1) is 0 Å². The summed E-state index contributed by atoms with van der Waals surface area (Å²) in [5.74, 6) is 0.564. The molecule has 0 unspecified atom stereocenters. The number of hydrogen-bond acceptors (Lipinski definition) is 3. The molecule has 1 N–H and O–H groups in total. The van der Waals surface area contributed by atoms with Crippen molar-refractivity contribution in [3.05, 3.63) is 65.2 Å². The van der Waals surface area contributed by atoms with Gasteiger partial charge in [0.25, 0.3) is 5.91 Å². The highest BCUT2D eigenvalue weighted by atomic mass is 35.5. The Morgan fingerprint density at radius 3 is 2.52 bits per heavy atom. The largest absolute Gasteiger partial charge is 0.484 e. The molecule has 0 atom stereocenters. The van der Waals surface area contributed by atoms with Crippen LogP contribution in [-0.2, 0) is 27.8 Å². The molecule has 5 nitrogen and oxygen atoms in total. The number of rotatable bonds is 7. The van der Waals surface area contributed by atoms with Gasteiger partial charge in [-0.3, -0.25) is 9.59 Å². The van der Waals surface area contributed by atoms with E-state index in [0.717, 1.165) is 31.4 Å². The molecule has 0 spiro atoms. The molecule has 0 saturated carbocycles. The Hall–Kier alpha value is -2.53. The van der Waals surface area contributed by atoms with Gasteiger partial charge < -0.3 is 15.0 Å². The van der Waals surface area contributed by atoms with Gasteiger partial charge in [-0.2, -0.15) is 0 Å². The second kappa shape index (κ2) is 9.73. The van der Waals surface area contributed by atoms with Gasteiger partial charge in [-0.15, -0.1) is 11.6 Å². The number of alkyl halides is 1. The van der Waals surface area contributed by atoms with E-state index in [-0.39, 0.29) is 29.7 Å². The van der Waals surface area contributed by atoms with Crippen molar-refractivity contribution in [1.82, 2.24) is 10.2 Å².